The van der Waals surface area contributed by atoms with Crippen LogP contribution in [-0.2, 0) is 15.1 Å². The van der Waals surface area contributed by atoms with Crippen molar-refractivity contribution >= 4 is 27.8 Å². The van der Waals surface area contributed by atoms with Crippen LogP contribution >= 0.6 is 11.6 Å². The van der Waals surface area contributed by atoms with E-state index in [9.17, 15) is 26.4 Å². The van der Waals surface area contributed by atoms with E-state index in [-0.39, 0.29) is 10.8 Å². The van der Waals surface area contributed by atoms with Gasteiger partial charge in [0, 0.05) is 5.02 Å². The smallest absolute Gasteiger partial charge is 0.367 e. The van der Waals surface area contributed by atoms with Crippen molar-refractivity contribution < 1.29 is 30.6 Å². The lowest BCUT2D eigenvalue weighted by molar-refractivity contribution is -0.171. The van der Waals surface area contributed by atoms with Gasteiger partial charge in [0.05, 0.1) is 0 Å². The number of carbonyl (C=O) groups is 1. The van der Waals surface area contributed by atoms with Crippen molar-refractivity contribution in [2.24, 2.45) is 0 Å². The van der Waals surface area contributed by atoms with Gasteiger partial charge < -0.3 is 4.18 Å². The van der Waals surface area contributed by atoms with E-state index in [0.717, 1.165) is 12.1 Å². The third-order valence-corrected chi connectivity index (χ3v) is 2.59. The summed E-state index contributed by atoms with van der Waals surface area (Å²) in [6, 6.07) is 4.75. The number of hydrogen-bond donors (Lipinski definition) is 1. The average Bonchev–Trinajstić information content (AvgIpc) is 2.19. The van der Waals surface area contributed by atoms with Crippen LogP contribution in [0.1, 0.15) is 0 Å². The first-order chi connectivity index (χ1) is 8.10. The van der Waals surface area contributed by atoms with Gasteiger partial charge in [-0.1, -0.05) is 11.6 Å². The second-order valence-corrected chi connectivity index (χ2v) is 4.64. The number of nitrogens with one attached hydrogen (secondary N) is 1. The molecular formula is C8H5ClF3NO4S. The fraction of sp³-hybridized carbons (Fsp3) is 0.125. The Kier molecular flexibility index (Phi) is 4.07. The van der Waals surface area contributed by atoms with Gasteiger partial charge in [-0.25, -0.2) is 4.72 Å². The molecule has 10 heteroatoms. The Balaban J connectivity index is 2.77. The average molecular weight is 304 g/mol. The molecule has 0 fully saturated rings. The number of carbonyl (C=O) groups excluding carboxylic acids is 1. The van der Waals surface area contributed by atoms with Gasteiger partial charge in [0.2, 0.25) is 0 Å². The van der Waals surface area contributed by atoms with Gasteiger partial charge in [-0.05, 0) is 24.3 Å². The maximum Gasteiger partial charge on any atom is 0.472 e. The highest BCUT2D eigenvalue weighted by molar-refractivity contribution is 7.85. The van der Waals surface area contributed by atoms with Crippen LogP contribution in [0.2, 0.25) is 5.02 Å². The molecule has 18 heavy (non-hydrogen) atoms. The van der Waals surface area contributed by atoms with Gasteiger partial charge in [-0.2, -0.15) is 21.6 Å². The predicted octanol–water partition coefficient (Wildman–Crippen LogP) is 1.64. The van der Waals surface area contributed by atoms with Gasteiger partial charge in [0.25, 0.3) is 0 Å². The summed E-state index contributed by atoms with van der Waals surface area (Å²) in [4.78, 5) is 10.4. The standard InChI is InChI=1S/C8H5ClF3NO4S/c9-5-1-3-6(4-2-5)17-18(15,16)13-7(14)8(10,11)12/h1-4H,(H,13,14). The quantitative estimate of drug-likeness (QED) is 0.921. The number of hydrogen-bond acceptors (Lipinski definition) is 4. The van der Waals surface area contributed by atoms with Crippen LogP contribution in [0, 0.1) is 0 Å². The molecule has 0 bridgehead atoms. The van der Waals surface area contributed by atoms with E-state index in [1.807, 2.05) is 0 Å². The van der Waals surface area contributed by atoms with Crippen molar-refractivity contribution in [1.29, 1.82) is 0 Å². The molecule has 1 aromatic carbocycles. The summed E-state index contributed by atoms with van der Waals surface area (Å²) in [5.74, 6) is -2.93. The molecule has 0 spiro atoms. The highest BCUT2D eigenvalue weighted by atomic mass is 35.5. The highest BCUT2D eigenvalue weighted by Crippen LogP contribution is 2.18. The third kappa shape index (κ3) is 4.41. The minimum atomic E-state index is -5.32. The highest BCUT2D eigenvalue weighted by Gasteiger charge is 2.41. The molecular weight excluding hydrogens is 299 g/mol. The normalized spacial score (nSPS) is 12.0. The minimum absolute atomic E-state index is 0.277. The summed E-state index contributed by atoms with van der Waals surface area (Å²) in [7, 11) is -4.89. The molecule has 1 N–H and O–H groups in total. The fourth-order valence-corrected chi connectivity index (χ4v) is 1.68. The van der Waals surface area contributed by atoms with Crippen LogP contribution in [-0.4, -0.2) is 20.5 Å². The first-order valence-corrected chi connectivity index (χ1v) is 5.98. The van der Waals surface area contributed by atoms with Crippen LogP contribution < -0.4 is 8.91 Å². The predicted molar refractivity (Wildman–Crippen MR) is 55.2 cm³/mol. The zero-order chi connectivity index (χ0) is 14.0. The van der Waals surface area contributed by atoms with Crippen LogP contribution in [0.5, 0.6) is 5.75 Å². The Morgan fingerprint density at radius 3 is 2.17 bits per heavy atom. The monoisotopic (exact) mass is 303 g/mol. The Morgan fingerprint density at radius 2 is 1.72 bits per heavy atom. The lowest BCUT2D eigenvalue weighted by atomic mass is 10.3. The molecule has 0 saturated heterocycles. The molecule has 1 amide bonds. The van der Waals surface area contributed by atoms with Crippen LogP contribution in [0.15, 0.2) is 24.3 Å². The summed E-state index contributed by atoms with van der Waals surface area (Å²) < 4.78 is 62.5. The topological polar surface area (TPSA) is 72.5 Å². The van der Waals surface area contributed by atoms with Crippen LogP contribution in [0.3, 0.4) is 0 Å². The number of halogens is 4. The molecule has 0 aliphatic carbocycles. The lowest BCUT2D eigenvalue weighted by Crippen LogP contribution is -2.42. The fourth-order valence-electron chi connectivity index (χ4n) is 0.809. The molecule has 0 aliphatic rings. The van der Waals surface area contributed by atoms with Crippen molar-refractivity contribution in [2.45, 2.75) is 6.18 Å². The minimum Gasteiger partial charge on any atom is -0.367 e. The largest absolute Gasteiger partial charge is 0.472 e. The van der Waals surface area contributed by atoms with Gasteiger partial charge >= 0.3 is 22.4 Å². The molecule has 0 heterocycles. The molecule has 1 rings (SSSR count). The summed E-state index contributed by atoms with van der Waals surface area (Å²) in [5, 5.41) is 0.277. The molecule has 1 aromatic rings. The maximum atomic E-state index is 11.8. The van der Waals surface area contributed by atoms with Gasteiger partial charge in [0.1, 0.15) is 5.75 Å². The van der Waals surface area contributed by atoms with Crippen molar-refractivity contribution in [3.05, 3.63) is 29.3 Å². The van der Waals surface area contributed by atoms with Gasteiger partial charge in [-0.15, -0.1) is 0 Å². The zero-order valence-corrected chi connectivity index (χ0v) is 9.93. The Bertz CT molecular complexity index is 540. The number of amides is 1. The molecule has 0 aliphatic heterocycles. The second-order valence-electron chi connectivity index (χ2n) is 2.92. The zero-order valence-electron chi connectivity index (χ0n) is 8.36. The molecule has 0 radical (unpaired) electrons. The van der Waals surface area contributed by atoms with E-state index in [1.54, 1.807) is 0 Å². The first kappa shape index (κ1) is 14.6. The summed E-state index contributed by atoms with van der Waals surface area (Å²) in [5.41, 5.74) is 0. The van der Waals surface area contributed by atoms with Gasteiger partial charge in [-0.3, -0.25) is 4.79 Å². The van der Waals surface area contributed by atoms with Crippen molar-refractivity contribution in [3.8, 4) is 5.75 Å². The molecule has 5 nitrogen and oxygen atoms in total. The molecule has 0 unspecified atom stereocenters. The summed E-state index contributed by atoms with van der Waals surface area (Å²) >= 11 is 5.50. The van der Waals surface area contributed by atoms with Gasteiger partial charge in [0.15, 0.2) is 0 Å². The van der Waals surface area contributed by atoms with E-state index in [0.29, 0.717) is 4.72 Å². The number of alkyl halides is 3. The van der Waals surface area contributed by atoms with E-state index >= 15 is 0 Å². The lowest BCUT2D eigenvalue weighted by Gasteiger charge is -2.09. The van der Waals surface area contributed by atoms with E-state index < -0.39 is 22.4 Å². The molecule has 0 atom stereocenters. The number of benzene rings is 1. The first-order valence-electron chi connectivity index (χ1n) is 4.19. The second kappa shape index (κ2) is 5.02. The maximum absolute atomic E-state index is 11.8. The molecule has 0 saturated carbocycles. The SMILES string of the molecule is O=C(NS(=O)(=O)Oc1ccc(Cl)cc1)C(F)(F)F. The Hall–Kier alpha value is -1.48. The Morgan fingerprint density at radius 1 is 1.22 bits per heavy atom. The molecule has 0 aromatic heterocycles. The van der Waals surface area contributed by atoms with Crippen molar-refractivity contribution in [3.63, 3.8) is 0 Å². The van der Waals surface area contributed by atoms with Crippen molar-refractivity contribution in [1.82, 2.24) is 4.72 Å². The van der Waals surface area contributed by atoms with Crippen molar-refractivity contribution in [2.75, 3.05) is 0 Å². The summed E-state index contributed by atoms with van der Waals surface area (Å²) in [6.45, 7) is 0. The Labute approximate surface area is 105 Å². The van der Waals surface area contributed by atoms with E-state index in [1.165, 1.54) is 12.1 Å². The number of rotatable bonds is 3. The van der Waals surface area contributed by atoms with E-state index in [4.69, 9.17) is 11.6 Å². The summed E-state index contributed by atoms with van der Waals surface area (Å²) in [6.07, 6.45) is -5.32. The van der Waals surface area contributed by atoms with E-state index in [2.05, 4.69) is 4.18 Å². The van der Waals surface area contributed by atoms with Crippen LogP contribution in [0.4, 0.5) is 13.2 Å². The van der Waals surface area contributed by atoms with Crippen LogP contribution in [0.25, 0.3) is 0 Å². The molecule has 100 valence electrons. The third-order valence-electron chi connectivity index (χ3n) is 1.49.